The van der Waals surface area contributed by atoms with Gasteiger partial charge in [0.15, 0.2) is 0 Å². The molecule has 0 saturated heterocycles. The molecule has 0 spiro atoms. The van der Waals surface area contributed by atoms with Crippen LogP contribution in [-0.4, -0.2) is 18.1 Å². The van der Waals surface area contributed by atoms with Crippen LogP contribution >= 0.6 is 11.6 Å². The molecule has 1 aromatic heterocycles. The van der Waals surface area contributed by atoms with Crippen molar-refractivity contribution in [2.45, 2.75) is 26.7 Å². The van der Waals surface area contributed by atoms with Gasteiger partial charge >= 0.3 is 0 Å². The van der Waals surface area contributed by atoms with Gasteiger partial charge < -0.3 is 4.90 Å². The van der Waals surface area contributed by atoms with Gasteiger partial charge in [-0.1, -0.05) is 13.8 Å². The van der Waals surface area contributed by atoms with Crippen LogP contribution in [0.1, 0.15) is 26.3 Å². The van der Waals surface area contributed by atoms with Crippen LogP contribution in [0.4, 0.5) is 10.2 Å². The van der Waals surface area contributed by atoms with Gasteiger partial charge in [0.2, 0.25) is 0 Å². The third-order valence-corrected chi connectivity index (χ3v) is 2.61. The maximum absolute atomic E-state index is 13.0. The van der Waals surface area contributed by atoms with Gasteiger partial charge in [-0.15, -0.1) is 11.6 Å². The predicted octanol–water partition coefficient (Wildman–Crippen LogP) is 3.44. The third kappa shape index (κ3) is 3.34. The predicted molar refractivity (Wildman–Crippen MR) is 66.5 cm³/mol. The van der Waals surface area contributed by atoms with E-state index in [2.05, 4.69) is 30.7 Å². The first-order chi connectivity index (χ1) is 7.58. The Labute approximate surface area is 101 Å². The van der Waals surface area contributed by atoms with E-state index in [0.717, 1.165) is 24.5 Å². The Hall–Kier alpha value is -0.830. The van der Waals surface area contributed by atoms with Crippen LogP contribution in [0.15, 0.2) is 12.3 Å². The molecule has 0 fully saturated rings. The van der Waals surface area contributed by atoms with E-state index < -0.39 is 0 Å². The number of halogens is 2. The number of pyridine rings is 1. The molecule has 0 saturated carbocycles. The molecule has 16 heavy (non-hydrogen) atoms. The van der Waals surface area contributed by atoms with Crippen LogP contribution in [0.2, 0.25) is 0 Å². The molecule has 0 unspecified atom stereocenters. The summed E-state index contributed by atoms with van der Waals surface area (Å²) in [5.74, 6) is 1.29. The van der Waals surface area contributed by atoms with Crippen molar-refractivity contribution in [1.29, 1.82) is 0 Å². The fourth-order valence-corrected chi connectivity index (χ4v) is 1.86. The Bertz CT molecular complexity index is 342. The highest BCUT2D eigenvalue weighted by Crippen LogP contribution is 2.21. The van der Waals surface area contributed by atoms with E-state index in [1.807, 2.05) is 0 Å². The van der Waals surface area contributed by atoms with Crippen molar-refractivity contribution in [2.24, 2.45) is 5.92 Å². The quantitative estimate of drug-likeness (QED) is 0.738. The zero-order valence-corrected chi connectivity index (χ0v) is 10.8. The number of anilines is 1. The molecule has 1 aromatic rings. The molecule has 0 aliphatic heterocycles. The lowest BCUT2D eigenvalue weighted by Crippen LogP contribution is -2.29. The summed E-state index contributed by atoms with van der Waals surface area (Å²) in [6, 6.07) is 1.46. The van der Waals surface area contributed by atoms with Gasteiger partial charge in [0.25, 0.3) is 0 Å². The average molecular weight is 245 g/mol. The fourth-order valence-electron chi connectivity index (χ4n) is 1.66. The van der Waals surface area contributed by atoms with Crippen LogP contribution in [0.5, 0.6) is 0 Å². The van der Waals surface area contributed by atoms with Crippen LogP contribution in [0.3, 0.4) is 0 Å². The minimum absolute atomic E-state index is 0.286. The number of rotatable bonds is 5. The van der Waals surface area contributed by atoms with Crippen LogP contribution in [0.25, 0.3) is 0 Å². The zero-order chi connectivity index (χ0) is 12.1. The van der Waals surface area contributed by atoms with Crippen molar-refractivity contribution < 1.29 is 4.39 Å². The smallest absolute Gasteiger partial charge is 0.141 e. The number of alkyl halides is 1. The minimum atomic E-state index is -0.333. The number of aromatic nitrogens is 1. The van der Waals surface area contributed by atoms with Gasteiger partial charge in [-0.3, -0.25) is 0 Å². The molecular weight excluding hydrogens is 227 g/mol. The molecule has 0 aliphatic carbocycles. The second-order valence-electron chi connectivity index (χ2n) is 4.20. The van der Waals surface area contributed by atoms with Crippen molar-refractivity contribution in [3.63, 3.8) is 0 Å². The van der Waals surface area contributed by atoms with Gasteiger partial charge in [-0.25, -0.2) is 9.37 Å². The minimum Gasteiger partial charge on any atom is -0.356 e. The van der Waals surface area contributed by atoms with Crippen LogP contribution in [0, 0.1) is 11.7 Å². The Balaban J connectivity index is 2.99. The molecule has 0 aromatic carbocycles. The molecule has 1 rings (SSSR count). The standard InChI is InChI=1S/C12H18ClFN2/c1-4-16(8-9(2)3)12-10(6-13)5-11(14)7-15-12/h5,7,9H,4,6,8H2,1-3H3. The first kappa shape index (κ1) is 13.2. The fraction of sp³-hybridized carbons (Fsp3) is 0.583. The summed E-state index contributed by atoms with van der Waals surface area (Å²) in [7, 11) is 0. The van der Waals surface area contributed by atoms with Crippen molar-refractivity contribution in [3.05, 3.63) is 23.6 Å². The van der Waals surface area contributed by atoms with E-state index in [0.29, 0.717) is 5.92 Å². The lowest BCUT2D eigenvalue weighted by Gasteiger charge is -2.25. The van der Waals surface area contributed by atoms with E-state index in [1.165, 1.54) is 12.3 Å². The maximum atomic E-state index is 13.0. The molecule has 2 nitrogen and oxygen atoms in total. The average Bonchev–Trinajstić information content (AvgIpc) is 2.25. The summed E-state index contributed by atoms with van der Waals surface area (Å²) in [6.07, 6.45) is 1.24. The summed E-state index contributed by atoms with van der Waals surface area (Å²) in [4.78, 5) is 6.27. The van der Waals surface area contributed by atoms with E-state index >= 15 is 0 Å². The molecule has 0 radical (unpaired) electrons. The molecule has 0 bridgehead atoms. The molecular formula is C12H18ClFN2. The van der Waals surface area contributed by atoms with Gasteiger partial charge in [-0.2, -0.15) is 0 Å². The Morgan fingerprint density at radius 2 is 2.19 bits per heavy atom. The van der Waals surface area contributed by atoms with E-state index in [9.17, 15) is 4.39 Å². The van der Waals surface area contributed by atoms with Crippen molar-refractivity contribution in [2.75, 3.05) is 18.0 Å². The second kappa shape index (κ2) is 6.04. The van der Waals surface area contributed by atoms with E-state index in [-0.39, 0.29) is 11.7 Å². The first-order valence-electron chi connectivity index (χ1n) is 5.53. The van der Waals surface area contributed by atoms with Gasteiger partial charge in [0.1, 0.15) is 11.6 Å². The van der Waals surface area contributed by atoms with Crippen LogP contribution in [-0.2, 0) is 5.88 Å². The Morgan fingerprint density at radius 3 is 2.69 bits per heavy atom. The topological polar surface area (TPSA) is 16.1 Å². The maximum Gasteiger partial charge on any atom is 0.141 e. The first-order valence-corrected chi connectivity index (χ1v) is 6.07. The summed E-state index contributed by atoms with van der Waals surface area (Å²) in [6.45, 7) is 8.10. The van der Waals surface area contributed by atoms with Crippen molar-refractivity contribution in [1.82, 2.24) is 4.98 Å². The van der Waals surface area contributed by atoms with Crippen molar-refractivity contribution >= 4 is 17.4 Å². The second-order valence-corrected chi connectivity index (χ2v) is 4.47. The summed E-state index contributed by atoms with van der Waals surface area (Å²) < 4.78 is 13.0. The molecule has 0 atom stereocenters. The molecule has 90 valence electrons. The molecule has 4 heteroatoms. The lowest BCUT2D eigenvalue weighted by molar-refractivity contribution is 0.602. The monoisotopic (exact) mass is 244 g/mol. The van der Waals surface area contributed by atoms with Crippen LogP contribution < -0.4 is 4.90 Å². The summed E-state index contributed by atoms with van der Waals surface area (Å²) in [5, 5.41) is 0. The van der Waals surface area contributed by atoms with Crippen molar-refractivity contribution in [3.8, 4) is 0 Å². The van der Waals surface area contributed by atoms with Gasteiger partial charge in [0.05, 0.1) is 12.1 Å². The Morgan fingerprint density at radius 1 is 1.50 bits per heavy atom. The number of hydrogen-bond acceptors (Lipinski definition) is 2. The van der Waals surface area contributed by atoms with E-state index in [1.54, 1.807) is 0 Å². The summed E-state index contributed by atoms with van der Waals surface area (Å²) in [5.41, 5.74) is 0.754. The molecule has 0 amide bonds. The van der Waals surface area contributed by atoms with Gasteiger partial charge in [-0.05, 0) is 18.9 Å². The van der Waals surface area contributed by atoms with Gasteiger partial charge in [0, 0.05) is 18.7 Å². The SMILES string of the molecule is CCN(CC(C)C)c1ncc(F)cc1CCl. The lowest BCUT2D eigenvalue weighted by atomic mass is 10.2. The summed E-state index contributed by atoms with van der Waals surface area (Å²) >= 11 is 5.81. The molecule has 0 aliphatic rings. The largest absolute Gasteiger partial charge is 0.356 e. The highest BCUT2D eigenvalue weighted by atomic mass is 35.5. The molecule has 0 N–H and O–H groups in total. The highest BCUT2D eigenvalue weighted by molar-refractivity contribution is 6.17. The third-order valence-electron chi connectivity index (χ3n) is 2.32. The normalized spacial score (nSPS) is 10.9. The zero-order valence-electron chi connectivity index (χ0n) is 10.0. The molecule has 1 heterocycles. The number of nitrogens with zero attached hydrogens (tertiary/aromatic N) is 2. The Kier molecular flexibility index (Phi) is 5.00. The highest BCUT2D eigenvalue weighted by Gasteiger charge is 2.13. The number of hydrogen-bond donors (Lipinski definition) is 0. The van der Waals surface area contributed by atoms with E-state index in [4.69, 9.17) is 11.6 Å².